The molecular formula is C16H16N4O2. The van der Waals surface area contributed by atoms with Crippen LogP contribution in [0.25, 0.3) is 11.0 Å². The molecule has 3 rings (SSSR count). The smallest absolute Gasteiger partial charge is 0.250 e. The second kappa shape index (κ2) is 6.26. The Kier molecular flexibility index (Phi) is 4.00. The van der Waals surface area contributed by atoms with E-state index in [0.717, 1.165) is 11.0 Å². The van der Waals surface area contributed by atoms with Gasteiger partial charge in [0.15, 0.2) is 0 Å². The predicted octanol–water partition coefficient (Wildman–Crippen LogP) is 1.43. The number of rotatable bonds is 5. The van der Waals surface area contributed by atoms with Gasteiger partial charge in [-0.3, -0.25) is 9.59 Å². The quantitative estimate of drug-likeness (QED) is 0.747. The fourth-order valence-corrected chi connectivity index (χ4v) is 2.23. The zero-order chi connectivity index (χ0) is 15.4. The average Bonchev–Trinajstić information content (AvgIpc) is 2.95. The highest BCUT2D eigenvalue weighted by Gasteiger charge is 2.05. The maximum absolute atomic E-state index is 11.8. The zero-order valence-corrected chi connectivity index (χ0v) is 12.0. The van der Waals surface area contributed by atoms with Crippen molar-refractivity contribution < 1.29 is 4.79 Å². The highest BCUT2D eigenvalue weighted by atomic mass is 16.1. The first-order chi connectivity index (χ1) is 10.7. The molecule has 0 aliphatic heterocycles. The van der Waals surface area contributed by atoms with Crippen molar-refractivity contribution >= 4 is 16.9 Å². The van der Waals surface area contributed by atoms with Gasteiger partial charge in [0.2, 0.25) is 5.91 Å². The fraction of sp³-hybridized carbons (Fsp3) is 0.188. The number of H-pyrrole nitrogens is 1. The van der Waals surface area contributed by atoms with Gasteiger partial charge in [-0.15, -0.1) is 0 Å². The minimum atomic E-state index is -0.115. The van der Waals surface area contributed by atoms with Gasteiger partial charge in [-0.1, -0.05) is 18.2 Å². The lowest BCUT2D eigenvalue weighted by Crippen LogP contribution is -2.26. The van der Waals surface area contributed by atoms with E-state index in [1.165, 1.54) is 10.6 Å². The van der Waals surface area contributed by atoms with E-state index in [4.69, 9.17) is 0 Å². The monoisotopic (exact) mass is 296 g/mol. The molecule has 112 valence electrons. The van der Waals surface area contributed by atoms with E-state index in [2.05, 4.69) is 15.3 Å². The van der Waals surface area contributed by atoms with Crippen LogP contribution in [-0.4, -0.2) is 20.4 Å². The highest BCUT2D eigenvalue weighted by Crippen LogP contribution is 2.09. The van der Waals surface area contributed by atoms with Crippen molar-refractivity contribution in [1.82, 2.24) is 19.9 Å². The molecule has 0 aliphatic rings. The highest BCUT2D eigenvalue weighted by molar-refractivity contribution is 5.76. The van der Waals surface area contributed by atoms with Gasteiger partial charge < -0.3 is 14.9 Å². The Morgan fingerprint density at radius 2 is 2.00 bits per heavy atom. The number of nitrogens with zero attached hydrogens (tertiary/aromatic N) is 2. The van der Waals surface area contributed by atoms with E-state index in [0.29, 0.717) is 18.9 Å². The molecule has 3 aromatic rings. The molecule has 0 unspecified atom stereocenters. The van der Waals surface area contributed by atoms with Crippen LogP contribution in [0.4, 0.5) is 0 Å². The van der Waals surface area contributed by atoms with E-state index >= 15 is 0 Å². The lowest BCUT2D eigenvalue weighted by molar-refractivity contribution is -0.121. The largest absolute Gasteiger partial charge is 0.349 e. The Balaban J connectivity index is 1.54. The predicted molar refractivity (Wildman–Crippen MR) is 83.3 cm³/mol. The molecule has 1 aromatic carbocycles. The number of aromatic amines is 1. The van der Waals surface area contributed by atoms with Crippen LogP contribution in [0.5, 0.6) is 0 Å². The number of amides is 1. The van der Waals surface area contributed by atoms with Gasteiger partial charge in [0.05, 0.1) is 17.6 Å². The Morgan fingerprint density at radius 3 is 2.82 bits per heavy atom. The number of nitrogens with one attached hydrogen (secondary N) is 2. The number of carbonyl (C=O) groups excluding carboxylic acids is 1. The van der Waals surface area contributed by atoms with Crippen LogP contribution in [0.2, 0.25) is 0 Å². The first-order valence-corrected chi connectivity index (χ1v) is 7.08. The zero-order valence-electron chi connectivity index (χ0n) is 12.0. The van der Waals surface area contributed by atoms with Crippen molar-refractivity contribution in [3.05, 3.63) is 64.8 Å². The number of benzene rings is 1. The van der Waals surface area contributed by atoms with Gasteiger partial charge in [-0.25, -0.2) is 4.98 Å². The van der Waals surface area contributed by atoms with Crippen LogP contribution in [0.15, 0.2) is 53.5 Å². The van der Waals surface area contributed by atoms with Gasteiger partial charge in [0.1, 0.15) is 5.82 Å². The molecule has 1 amide bonds. The first kappa shape index (κ1) is 14.1. The lowest BCUT2D eigenvalue weighted by Gasteiger charge is -2.05. The number of aryl methyl sites for hydroxylation is 1. The summed E-state index contributed by atoms with van der Waals surface area (Å²) in [5, 5.41) is 2.80. The van der Waals surface area contributed by atoms with E-state index in [-0.39, 0.29) is 17.9 Å². The number of imidazole rings is 1. The number of para-hydroxylation sites is 2. The molecule has 0 saturated carbocycles. The topological polar surface area (TPSA) is 79.8 Å². The summed E-state index contributed by atoms with van der Waals surface area (Å²) in [5.41, 5.74) is 1.72. The van der Waals surface area contributed by atoms with E-state index < -0.39 is 0 Å². The van der Waals surface area contributed by atoms with E-state index in [1.807, 2.05) is 24.3 Å². The second-order valence-electron chi connectivity index (χ2n) is 4.96. The summed E-state index contributed by atoms with van der Waals surface area (Å²) in [6.45, 7) is 0.711. The number of hydrogen-bond acceptors (Lipinski definition) is 3. The van der Waals surface area contributed by atoms with Crippen LogP contribution in [0, 0.1) is 0 Å². The molecule has 2 N–H and O–H groups in total. The fourth-order valence-electron chi connectivity index (χ4n) is 2.23. The summed E-state index contributed by atoms with van der Waals surface area (Å²) in [7, 11) is 0. The normalized spacial score (nSPS) is 10.7. The Bertz CT molecular complexity index is 817. The minimum Gasteiger partial charge on any atom is -0.349 e. The molecule has 0 atom stereocenters. The summed E-state index contributed by atoms with van der Waals surface area (Å²) in [5.74, 6) is 0.600. The van der Waals surface area contributed by atoms with E-state index in [9.17, 15) is 9.59 Å². The SMILES string of the molecule is O=C(CCn1ccccc1=O)NCc1nc2ccccc2[nH]1. The molecule has 0 spiro atoms. The summed E-state index contributed by atoms with van der Waals surface area (Å²) >= 11 is 0. The van der Waals surface area contributed by atoms with Crippen LogP contribution < -0.4 is 10.9 Å². The molecule has 6 nitrogen and oxygen atoms in total. The van der Waals surface area contributed by atoms with Crippen molar-refractivity contribution in [3.8, 4) is 0 Å². The van der Waals surface area contributed by atoms with Crippen LogP contribution in [-0.2, 0) is 17.9 Å². The van der Waals surface area contributed by atoms with Crippen molar-refractivity contribution in [2.45, 2.75) is 19.5 Å². The van der Waals surface area contributed by atoms with Gasteiger partial charge >= 0.3 is 0 Å². The van der Waals surface area contributed by atoms with E-state index in [1.54, 1.807) is 18.3 Å². The summed E-state index contributed by atoms with van der Waals surface area (Å²) in [6, 6.07) is 12.6. The molecule has 0 bridgehead atoms. The first-order valence-electron chi connectivity index (χ1n) is 7.08. The van der Waals surface area contributed by atoms with Crippen LogP contribution >= 0.6 is 0 Å². The van der Waals surface area contributed by atoms with Crippen molar-refractivity contribution in [1.29, 1.82) is 0 Å². The molecule has 0 radical (unpaired) electrons. The third-order valence-electron chi connectivity index (χ3n) is 3.37. The molecule has 0 saturated heterocycles. The molecule has 6 heteroatoms. The van der Waals surface area contributed by atoms with Gasteiger partial charge in [0.25, 0.3) is 5.56 Å². The number of carbonyl (C=O) groups is 1. The molecule has 2 aromatic heterocycles. The molecule has 2 heterocycles. The lowest BCUT2D eigenvalue weighted by atomic mass is 10.3. The maximum atomic E-state index is 11.8. The number of fused-ring (bicyclic) bond motifs is 1. The molecular weight excluding hydrogens is 280 g/mol. The van der Waals surface area contributed by atoms with Gasteiger partial charge in [-0.05, 0) is 18.2 Å². The summed E-state index contributed by atoms with van der Waals surface area (Å²) in [4.78, 5) is 30.9. The Morgan fingerprint density at radius 1 is 1.18 bits per heavy atom. The van der Waals surface area contributed by atoms with Gasteiger partial charge in [-0.2, -0.15) is 0 Å². The molecule has 0 fully saturated rings. The number of aromatic nitrogens is 3. The van der Waals surface area contributed by atoms with Crippen LogP contribution in [0.1, 0.15) is 12.2 Å². The van der Waals surface area contributed by atoms with Crippen molar-refractivity contribution in [2.75, 3.05) is 0 Å². The summed E-state index contributed by atoms with van der Waals surface area (Å²) in [6.07, 6.45) is 1.93. The Hall–Kier alpha value is -2.89. The molecule has 0 aliphatic carbocycles. The van der Waals surface area contributed by atoms with Crippen LogP contribution in [0.3, 0.4) is 0 Å². The third kappa shape index (κ3) is 3.22. The number of pyridine rings is 1. The third-order valence-corrected chi connectivity index (χ3v) is 3.37. The van der Waals surface area contributed by atoms with Crippen molar-refractivity contribution in [2.24, 2.45) is 0 Å². The Labute approximate surface area is 126 Å². The van der Waals surface area contributed by atoms with Crippen molar-refractivity contribution in [3.63, 3.8) is 0 Å². The number of hydrogen-bond donors (Lipinski definition) is 2. The van der Waals surface area contributed by atoms with Gasteiger partial charge in [0, 0.05) is 25.2 Å². The second-order valence-corrected chi connectivity index (χ2v) is 4.96. The standard InChI is InChI=1S/C16H16N4O2/c21-15(8-10-20-9-4-3-7-16(20)22)17-11-14-18-12-5-1-2-6-13(12)19-14/h1-7,9H,8,10-11H2,(H,17,21)(H,18,19). The molecule has 22 heavy (non-hydrogen) atoms. The minimum absolute atomic E-state index is 0.104. The summed E-state index contributed by atoms with van der Waals surface area (Å²) < 4.78 is 1.51. The average molecular weight is 296 g/mol. The maximum Gasteiger partial charge on any atom is 0.250 e.